The van der Waals surface area contributed by atoms with E-state index in [9.17, 15) is 10.2 Å². The molecule has 0 fully saturated rings. The van der Waals surface area contributed by atoms with E-state index >= 15 is 0 Å². The Labute approximate surface area is 171 Å². The number of phenols is 1. The second kappa shape index (κ2) is 7.45. The van der Waals surface area contributed by atoms with Gasteiger partial charge in [0.1, 0.15) is 5.75 Å². The Hall–Kier alpha value is -1.98. The monoisotopic (exact) mass is 398 g/mol. The van der Waals surface area contributed by atoms with Gasteiger partial charge < -0.3 is 15.2 Å². The van der Waals surface area contributed by atoms with Crippen LogP contribution in [0.15, 0.2) is 41.6 Å². The van der Waals surface area contributed by atoms with Gasteiger partial charge in [0.15, 0.2) is 5.16 Å². The van der Waals surface area contributed by atoms with Gasteiger partial charge in [0.05, 0.1) is 17.1 Å². The minimum absolute atomic E-state index is 0.217. The summed E-state index contributed by atoms with van der Waals surface area (Å²) in [5.41, 5.74) is 4.04. The lowest BCUT2D eigenvalue weighted by atomic mass is 9.78. The molecule has 1 atom stereocenters. The van der Waals surface area contributed by atoms with Crippen molar-refractivity contribution in [3.05, 3.63) is 53.1 Å². The van der Waals surface area contributed by atoms with Crippen LogP contribution in [-0.4, -0.2) is 25.9 Å². The molecule has 0 aliphatic heterocycles. The average Bonchev–Trinajstić information content (AvgIpc) is 3.00. The zero-order valence-corrected chi connectivity index (χ0v) is 18.3. The third-order valence-electron chi connectivity index (χ3n) is 4.88. The largest absolute Gasteiger partial charge is 0.507 e. The molecule has 0 aliphatic rings. The van der Waals surface area contributed by atoms with Gasteiger partial charge >= 0.3 is 0 Å². The first-order chi connectivity index (χ1) is 13.0. The Kier molecular flexibility index (Phi) is 5.52. The number of hydrogen-bond acceptors (Lipinski definition) is 4. The summed E-state index contributed by atoms with van der Waals surface area (Å²) < 4.78 is 0. The molecule has 0 bridgehead atoms. The highest BCUT2D eigenvalue weighted by Crippen LogP contribution is 2.41. The van der Waals surface area contributed by atoms with Crippen molar-refractivity contribution >= 4 is 22.8 Å². The summed E-state index contributed by atoms with van der Waals surface area (Å²) >= 11 is 1.50. The van der Waals surface area contributed by atoms with Gasteiger partial charge in [-0.05, 0) is 51.8 Å². The minimum atomic E-state index is -0.652. The maximum atomic E-state index is 10.9. The van der Waals surface area contributed by atoms with Crippen LogP contribution in [0.2, 0.25) is 0 Å². The first kappa shape index (κ1) is 20.7. The third kappa shape index (κ3) is 4.36. The molecule has 3 N–H and O–H groups in total. The first-order valence-corrected chi connectivity index (χ1v) is 10.6. The number of imidazole rings is 1. The van der Waals surface area contributed by atoms with Crippen LogP contribution in [0.5, 0.6) is 5.75 Å². The minimum Gasteiger partial charge on any atom is -0.507 e. The number of thioether (sulfide) groups is 1. The molecule has 2 aromatic carbocycles. The van der Waals surface area contributed by atoms with Gasteiger partial charge in [0.2, 0.25) is 0 Å². The Balaban J connectivity index is 1.88. The Bertz CT molecular complexity index is 912. The molecule has 3 rings (SSSR count). The number of aromatic nitrogens is 2. The van der Waals surface area contributed by atoms with Crippen LogP contribution >= 0.6 is 11.8 Å². The zero-order valence-electron chi connectivity index (χ0n) is 17.5. The first-order valence-electron chi connectivity index (χ1n) is 9.60. The Morgan fingerprint density at radius 1 is 1.00 bits per heavy atom. The summed E-state index contributed by atoms with van der Waals surface area (Å²) in [7, 11) is 0. The molecule has 0 amide bonds. The molecule has 1 unspecified atom stereocenters. The zero-order chi connectivity index (χ0) is 20.7. The lowest BCUT2D eigenvalue weighted by molar-refractivity contribution is 0.203. The third-order valence-corrected chi connectivity index (χ3v) is 5.83. The van der Waals surface area contributed by atoms with Crippen LogP contribution in [-0.2, 0) is 10.8 Å². The molecule has 0 aliphatic carbocycles. The quantitative estimate of drug-likeness (QED) is 0.494. The number of hydrogen-bond donors (Lipinski definition) is 3. The Morgan fingerprint density at radius 3 is 2.11 bits per heavy atom. The molecule has 5 heteroatoms. The van der Waals surface area contributed by atoms with Crippen molar-refractivity contribution in [2.24, 2.45) is 0 Å². The van der Waals surface area contributed by atoms with E-state index in [0.717, 1.165) is 32.9 Å². The van der Waals surface area contributed by atoms with Crippen LogP contribution in [0.4, 0.5) is 0 Å². The molecule has 3 aromatic rings. The molecule has 4 nitrogen and oxygen atoms in total. The summed E-state index contributed by atoms with van der Waals surface area (Å²) in [5, 5.41) is 22.5. The number of benzene rings is 2. The van der Waals surface area contributed by atoms with Crippen LogP contribution in [0.3, 0.4) is 0 Å². The van der Waals surface area contributed by atoms with Gasteiger partial charge in [-0.2, -0.15) is 0 Å². The average molecular weight is 399 g/mol. The SMILES string of the molecule is CC(C)(C)c1cc(C(O)CSc2nc3ccccc3[nH]2)cc(C(C)(C)C)c1O. The summed E-state index contributed by atoms with van der Waals surface area (Å²) in [6.07, 6.45) is -0.652. The van der Waals surface area contributed by atoms with E-state index < -0.39 is 6.10 Å². The number of rotatable bonds is 4. The van der Waals surface area contributed by atoms with E-state index in [1.54, 1.807) is 0 Å². The molecule has 0 saturated carbocycles. The smallest absolute Gasteiger partial charge is 0.166 e. The van der Waals surface area contributed by atoms with Crippen molar-refractivity contribution in [1.29, 1.82) is 0 Å². The summed E-state index contributed by atoms with van der Waals surface area (Å²) in [6.45, 7) is 12.5. The second-order valence-corrected chi connectivity index (χ2v) is 10.4. The van der Waals surface area contributed by atoms with Gasteiger partial charge in [-0.25, -0.2) is 4.98 Å². The fourth-order valence-electron chi connectivity index (χ4n) is 3.24. The number of para-hydroxylation sites is 2. The lowest BCUT2D eigenvalue weighted by Crippen LogP contribution is -2.18. The van der Waals surface area contributed by atoms with Crippen molar-refractivity contribution < 1.29 is 10.2 Å². The van der Waals surface area contributed by atoms with Gasteiger partial charge in [-0.15, -0.1) is 0 Å². The highest BCUT2D eigenvalue weighted by molar-refractivity contribution is 7.99. The van der Waals surface area contributed by atoms with Crippen molar-refractivity contribution in [2.75, 3.05) is 5.75 Å². The fraction of sp³-hybridized carbons (Fsp3) is 0.435. The summed E-state index contributed by atoms with van der Waals surface area (Å²) in [5.74, 6) is 0.818. The van der Waals surface area contributed by atoms with Crippen molar-refractivity contribution in [3.63, 3.8) is 0 Å². The molecule has 0 spiro atoms. The van der Waals surface area contributed by atoms with Crippen molar-refractivity contribution in [1.82, 2.24) is 9.97 Å². The molecular weight excluding hydrogens is 368 g/mol. The van der Waals surface area contributed by atoms with Gasteiger partial charge in [0.25, 0.3) is 0 Å². The number of aromatic amines is 1. The molecule has 1 aromatic heterocycles. The standard InChI is InChI=1S/C23H30N2O2S/c1-22(2,3)15-11-14(12-16(20(15)27)23(4,5)6)19(26)13-28-21-24-17-9-7-8-10-18(17)25-21/h7-12,19,26-27H,13H2,1-6H3,(H,24,25). The van der Waals surface area contributed by atoms with E-state index in [0.29, 0.717) is 11.5 Å². The van der Waals surface area contributed by atoms with Gasteiger partial charge in [0, 0.05) is 5.75 Å². The number of nitrogens with zero attached hydrogens (tertiary/aromatic N) is 1. The highest BCUT2D eigenvalue weighted by Gasteiger charge is 2.27. The number of aliphatic hydroxyl groups excluding tert-OH is 1. The van der Waals surface area contributed by atoms with E-state index in [1.807, 2.05) is 36.4 Å². The van der Waals surface area contributed by atoms with Crippen LogP contribution in [0.1, 0.15) is 64.3 Å². The molecule has 150 valence electrons. The summed E-state index contributed by atoms with van der Waals surface area (Å²) in [6, 6.07) is 11.8. The number of aromatic hydroxyl groups is 1. The molecule has 0 saturated heterocycles. The van der Waals surface area contributed by atoms with Crippen LogP contribution < -0.4 is 0 Å². The molecule has 0 radical (unpaired) electrons. The van der Waals surface area contributed by atoms with E-state index in [2.05, 4.69) is 51.5 Å². The van der Waals surface area contributed by atoms with Crippen molar-refractivity contribution in [2.45, 2.75) is 63.6 Å². The van der Waals surface area contributed by atoms with Gasteiger partial charge in [-0.1, -0.05) is 65.4 Å². The maximum absolute atomic E-state index is 10.9. The predicted molar refractivity (Wildman–Crippen MR) is 117 cm³/mol. The number of phenolic OH excluding ortho intramolecular Hbond substituents is 1. The fourth-order valence-corrected chi connectivity index (χ4v) is 4.10. The number of H-pyrrole nitrogens is 1. The van der Waals surface area contributed by atoms with E-state index in [4.69, 9.17) is 0 Å². The van der Waals surface area contributed by atoms with Crippen LogP contribution in [0.25, 0.3) is 11.0 Å². The lowest BCUT2D eigenvalue weighted by Gasteiger charge is -2.29. The normalized spacial score (nSPS) is 13.8. The van der Waals surface area contributed by atoms with Crippen LogP contribution in [0, 0.1) is 0 Å². The predicted octanol–water partition coefficient (Wildman–Crippen LogP) is 5.69. The van der Waals surface area contributed by atoms with Crippen molar-refractivity contribution in [3.8, 4) is 5.75 Å². The van der Waals surface area contributed by atoms with E-state index in [-0.39, 0.29) is 10.8 Å². The highest BCUT2D eigenvalue weighted by atomic mass is 32.2. The number of aliphatic hydroxyl groups is 1. The maximum Gasteiger partial charge on any atom is 0.166 e. The van der Waals surface area contributed by atoms with E-state index in [1.165, 1.54) is 11.8 Å². The van der Waals surface area contributed by atoms with Gasteiger partial charge in [-0.3, -0.25) is 0 Å². The molecule has 1 heterocycles. The molecule has 28 heavy (non-hydrogen) atoms. The number of nitrogens with one attached hydrogen (secondary N) is 1. The topological polar surface area (TPSA) is 69.1 Å². The summed E-state index contributed by atoms with van der Waals surface area (Å²) in [4.78, 5) is 7.85. The second-order valence-electron chi connectivity index (χ2n) is 9.35. The number of fused-ring (bicyclic) bond motifs is 1. The Morgan fingerprint density at radius 2 is 1.57 bits per heavy atom. The molecular formula is C23H30N2O2S.